The van der Waals surface area contributed by atoms with E-state index in [0.717, 1.165) is 42.6 Å². The van der Waals surface area contributed by atoms with Gasteiger partial charge in [-0.25, -0.2) is 0 Å². The number of benzene rings is 1. The minimum atomic E-state index is 0.574. The van der Waals surface area contributed by atoms with Crippen LogP contribution in [0.5, 0.6) is 0 Å². The Hall–Kier alpha value is -1.69. The van der Waals surface area contributed by atoms with E-state index >= 15 is 0 Å². The van der Waals surface area contributed by atoms with Crippen LogP contribution in [0, 0.1) is 18.8 Å². The number of hydrogen-bond acceptors (Lipinski definition) is 5. The van der Waals surface area contributed by atoms with E-state index in [1.54, 1.807) is 0 Å². The molecule has 1 aromatic carbocycles. The number of likely N-dealkylation sites (tertiary alicyclic amines) is 1. The van der Waals surface area contributed by atoms with Gasteiger partial charge in [0.2, 0.25) is 0 Å². The molecule has 0 amide bonds. The van der Waals surface area contributed by atoms with Crippen molar-refractivity contribution in [2.24, 2.45) is 11.8 Å². The van der Waals surface area contributed by atoms with Crippen molar-refractivity contribution in [3.63, 3.8) is 0 Å². The van der Waals surface area contributed by atoms with Gasteiger partial charge in [0.05, 0.1) is 5.69 Å². The maximum atomic E-state index is 5.70. The highest BCUT2D eigenvalue weighted by Gasteiger charge is 2.42. The van der Waals surface area contributed by atoms with E-state index in [2.05, 4.69) is 65.9 Å². The predicted molar refractivity (Wildman–Crippen MR) is 108 cm³/mol. The highest BCUT2D eigenvalue weighted by molar-refractivity contribution is 5.61. The van der Waals surface area contributed by atoms with Crippen LogP contribution in [0.3, 0.4) is 0 Å². The largest absolute Gasteiger partial charge is 0.356 e. The molecule has 27 heavy (non-hydrogen) atoms. The topological polar surface area (TPSA) is 53.3 Å². The summed E-state index contributed by atoms with van der Waals surface area (Å²) in [6, 6.07) is 11.5. The van der Waals surface area contributed by atoms with Crippen LogP contribution >= 0.6 is 0 Å². The summed E-state index contributed by atoms with van der Waals surface area (Å²) in [4.78, 5) is 2.59. The molecule has 0 saturated carbocycles. The predicted octanol–water partition coefficient (Wildman–Crippen LogP) is 3.75. The zero-order valence-corrected chi connectivity index (χ0v) is 16.7. The van der Waals surface area contributed by atoms with Crippen molar-refractivity contribution in [1.82, 2.24) is 20.9 Å². The van der Waals surface area contributed by atoms with Crippen molar-refractivity contribution in [3.05, 3.63) is 41.6 Å². The van der Waals surface area contributed by atoms with Gasteiger partial charge in [-0.1, -0.05) is 62.2 Å². The van der Waals surface area contributed by atoms with Crippen molar-refractivity contribution in [2.45, 2.75) is 58.7 Å². The lowest BCUT2D eigenvalue weighted by Gasteiger charge is -2.37. The van der Waals surface area contributed by atoms with Gasteiger partial charge in [-0.3, -0.25) is 15.8 Å². The molecule has 0 spiro atoms. The Labute approximate surface area is 162 Å². The first-order chi connectivity index (χ1) is 13.2. The summed E-state index contributed by atoms with van der Waals surface area (Å²) in [6.07, 6.45) is 3.67. The standard InChI is InChI=1S/C22H32N4O/c1-4-16(5-2)21-19-14-26(12-11-20(19)23-24-21)13-18-15(3)25-27-22(18)17-9-7-6-8-10-17/h6-10,16,19-21,23-24H,4-5,11-14H2,1-3H3. The van der Waals surface area contributed by atoms with Crippen molar-refractivity contribution in [3.8, 4) is 11.3 Å². The molecular formula is C22H32N4O. The molecular weight excluding hydrogens is 336 g/mol. The van der Waals surface area contributed by atoms with Crippen LogP contribution in [0.2, 0.25) is 0 Å². The number of hydrazine groups is 1. The van der Waals surface area contributed by atoms with Gasteiger partial charge in [-0.15, -0.1) is 0 Å². The second-order valence-corrected chi connectivity index (χ2v) is 8.13. The Morgan fingerprint density at radius 1 is 1.19 bits per heavy atom. The summed E-state index contributed by atoms with van der Waals surface area (Å²) in [5, 5.41) is 4.27. The molecule has 1 aromatic heterocycles. The minimum Gasteiger partial charge on any atom is -0.356 e. The van der Waals surface area contributed by atoms with Gasteiger partial charge in [-0.05, 0) is 19.3 Å². The third-order valence-electron chi connectivity index (χ3n) is 6.60. The van der Waals surface area contributed by atoms with Crippen LogP contribution in [-0.2, 0) is 6.54 Å². The normalized spacial score (nSPS) is 25.9. The summed E-state index contributed by atoms with van der Waals surface area (Å²) in [7, 11) is 0. The molecule has 2 aliphatic heterocycles. The highest BCUT2D eigenvalue weighted by Crippen LogP contribution is 2.33. The minimum absolute atomic E-state index is 0.574. The van der Waals surface area contributed by atoms with Gasteiger partial charge in [-0.2, -0.15) is 0 Å². The molecule has 2 aromatic rings. The number of aryl methyl sites for hydroxylation is 1. The lowest BCUT2D eigenvalue weighted by Crippen LogP contribution is -2.47. The zero-order valence-electron chi connectivity index (χ0n) is 16.7. The van der Waals surface area contributed by atoms with Gasteiger partial charge in [0.25, 0.3) is 0 Å². The first kappa shape index (κ1) is 18.7. The van der Waals surface area contributed by atoms with Crippen molar-refractivity contribution < 1.29 is 4.52 Å². The summed E-state index contributed by atoms with van der Waals surface area (Å²) >= 11 is 0. The monoisotopic (exact) mass is 368 g/mol. The molecule has 0 aliphatic carbocycles. The fraction of sp³-hybridized carbons (Fsp3) is 0.591. The number of nitrogens with zero attached hydrogens (tertiary/aromatic N) is 2. The number of aromatic nitrogens is 1. The SMILES string of the molecule is CCC(CC)C1NNC2CCN(Cc3c(C)noc3-c3ccccc3)CC21. The first-order valence-corrected chi connectivity index (χ1v) is 10.4. The summed E-state index contributed by atoms with van der Waals surface area (Å²) in [5.41, 5.74) is 10.6. The second-order valence-electron chi connectivity index (χ2n) is 8.13. The summed E-state index contributed by atoms with van der Waals surface area (Å²) in [5.74, 6) is 2.34. The number of piperidine rings is 1. The highest BCUT2D eigenvalue weighted by atomic mass is 16.5. The fourth-order valence-electron chi connectivity index (χ4n) is 4.93. The summed E-state index contributed by atoms with van der Waals surface area (Å²) in [6.45, 7) is 9.85. The molecule has 3 heterocycles. The molecule has 5 heteroatoms. The van der Waals surface area contributed by atoms with Gasteiger partial charge in [0.1, 0.15) is 0 Å². The smallest absolute Gasteiger partial charge is 0.171 e. The van der Waals surface area contributed by atoms with Gasteiger partial charge < -0.3 is 4.52 Å². The van der Waals surface area contributed by atoms with E-state index in [-0.39, 0.29) is 0 Å². The maximum absolute atomic E-state index is 5.70. The lowest BCUT2D eigenvalue weighted by atomic mass is 9.80. The third kappa shape index (κ3) is 3.68. The second kappa shape index (κ2) is 8.13. The van der Waals surface area contributed by atoms with Crippen LogP contribution in [0.4, 0.5) is 0 Å². The van der Waals surface area contributed by atoms with Crippen LogP contribution in [0.15, 0.2) is 34.9 Å². The molecule has 0 radical (unpaired) electrons. The fourth-order valence-corrected chi connectivity index (χ4v) is 4.93. The van der Waals surface area contributed by atoms with Crippen molar-refractivity contribution >= 4 is 0 Å². The Bertz CT molecular complexity index is 740. The maximum Gasteiger partial charge on any atom is 0.171 e. The molecule has 2 N–H and O–H groups in total. The van der Waals surface area contributed by atoms with Crippen LogP contribution in [0.25, 0.3) is 11.3 Å². The average molecular weight is 369 g/mol. The third-order valence-corrected chi connectivity index (χ3v) is 6.60. The quantitative estimate of drug-likeness (QED) is 0.813. The van der Waals surface area contributed by atoms with Gasteiger partial charge in [0.15, 0.2) is 5.76 Å². The molecule has 2 saturated heterocycles. The molecule has 3 unspecified atom stereocenters. The number of rotatable bonds is 6. The molecule has 2 aliphatic rings. The van der Waals surface area contributed by atoms with E-state index in [0.29, 0.717) is 18.0 Å². The van der Waals surface area contributed by atoms with Crippen LogP contribution in [0.1, 0.15) is 44.4 Å². The Morgan fingerprint density at radius 3 is 2.70 bits per heavy atom. The van der Waals surface area contributed by atoms with E-state index in [1.165, 1.54) is 24.8 Å². The molecule has 5 nitrogen and oxygen atoms in total. The Kier molecular flexibility index (Phi) is 5.62. The molecule has 2 fully saturated rings. The van der Waals surface area contributed by atoms with E-state index < -0.39 is 0 Å². The van der Waals surface area contributed by atoms with E-state index in [1.807, 2.05) is 6.07 Å². The Morgan fingerprint density at radius 2 is 1.96 bits per heavy atom. The summed E-state index contributed by atoms with van der Waals surface area (Å²) < 4.78 is 5.70. The average Bonchev–Trinajstić information content (AvgIpc) is 3.28. The first-order valence-electron chi connectivity index (χ1n) is 10.4. The number of fused-ring (bicyclic) bond motifs is 1. The van der Waals surface area contributed by atoms with Gasteiger partial charge in [0, 0.05) is 48.8 Å². The number of nitrogens with one attached hydrogen (secondary N) is 2. The zero-order chi connectivity index (χ0) is 18.8. The molecule has 0 bridgehead atoms. The molecule has 4 rings (SSSR count). The molecule has 3 atom stereocenters. The lowest BCUT2D eigenvalue weighted by molar-refractivity contribution is 0.133. The van der Waals surface area contributed by atoms with Crippen LogP contribution < -0.4 is 10.9 Å². The van der Waals surface area contributed by atoms with Crippen molar-refractivity contribution in [1.29, 1.82) is 0 Å². The number of hydrogen-bond donors (Lipinski definition) is 2. The van der Waals surface area contributed by atoms with Crippen molar-refractivity contribution in [2.75, 3.05) is 13.1 Å². The van der Waals surface area contributed by atoms with E-state index in [4.69, 9.17) is 4.52 Å². The van der Waals surface area contributed by atoms with Gasteiger partial charge >= 0.3 is 0 Å². The van der Waals surface area contributed by atoms with Crippen LogP contribution in [-0.4, -0.2) is 35.2 Å². The Balaban J connectivity index is 1.51. The van der Waals surface area contributed by atoms with E-state index in [9.17, 15) is 0 Å². The molecule has 146 valence electrons.